The maximum absolute atomic E-state index is 14.5. The van der Waals surface area contributed by atoms with Crippen LogP contribution in [0.5, 0.6) is 0 Å². The molecular formula is C35H37IN3O2-. The van der Waals surface area contributed by atoms with Crippen molar-refractivity contribution >= 4 is 22.6 Å². The third-order valence-corrected chi connectivity index (χ3v) is 11.9. The molecule has 0 aromatic heterocycles. The van der Waals surface area contributed by atoms with Crippen molar-refractivity contribution in [1.29, 1.82) is 0 Å². The Labute approximate surface area is 253 Å². The van der Waals surface area contributed by atoms with Crippen molar-refractivity contribution in [3.8, 4) is 0 Å². The summed E-state index contributed by atoms with van der Waals surface area (Å²) in [5, 5.41) is 2.43. The van der Waals surface area contributed by atoms with Gasteiger partial charge in [0.25, 0.3) is 0 Å². The molecule has 2 fully saturated rings. The molecule has 0 spiro atoms. The Morgan fingerprint density at radius 2 is 1.83 bits per heavy atom. The molecule has 5 aliphatic rings. The van der Waals surface area contributed by atoms with Gasteiger partial charge in [-0.25, -0.2) is 0 Å². The van der Waals surface area contributed by atoms with Gasteiger partial charge >= 0.3 is 254 Å². The number of alkyl halides is 1. The number of fused-ring (bicyclic) bond motifs is 3. The standard InChI is InChI=1S/C35H37IN3O2/c1-3-36-31-32(37-17-19-38(20-18-37)33(40)28-12-8-11-27-22-29(27)28)30-13-6-7-16-35(30,2)39(34(31)41)23-24-14-15-25-9-4-5-10-26(25)21-24/h4-15,21,27,29H,3,16-20,22-23H2,1-2H3/q-1. The van der Waals surface area contributed by atoms with Crippen LogP contribution in [0.2, 0.25) is 0 Å². The molecule has 3 atom stereocenters. The molecule has 2 aromatic rings. The molecule has 1 saturated carbocycles. The van der Waals surface area contributed by atoms with Gasteiger partial charge in [-0.05, 0) is 0 Å². The molecule has 3 unspecified atom stereocenters. The first-order valence-electron chi connectivity index (χ1n) is 14.9. The Hall–Kier alpha value is -3.13. The average Bonchev–Trinajstić information content (AvgIpc) is 3.80. The van der Waals surface area contributed by atoms with Crippen molar-refractivity contribution in [3.05, 3.63) is 105 Å². The van der Waals surface area contributed by atoms with Crippen LogP contribution in [-0.4, -0.2) is 62.7 Å². The molecule has 2 amide bonds. The third-order valence-electron chi connectivity index (χ3n) is 9.41. The van der Waals surface area contributed by atoms with Crippen molar-refractivity contribution in [2.24, 2.45) is 11.8 Å². The summed E-state index contributed by atoms with van der Waals surface area (Å²) in [7, 11) is 0. The second kappa shape index (κ2) is 10.6. The van der Waals surface area contributed by atoms with Crippen LogP contribution in [-0.2, 0) is 16.1 Å². The summed E-state index contributed by atoms with van der Waals surface area (Å²) < 4.78 is 2.06. The van der Waals surface area contributed by atoms with E-state index in [1.165, 1.54) is 27.6 Å². The molecule has 2 aliphatic heterocycles. The monoisotopic (exact) mass is 658 g/mol. The second-order valence-electron chi connectivity index (χ2n) is 11.9. The Kier molecular flexibility index (Phi) is 6.92. The summed E-state index contributed by atoms with van der Waals surface area (Å²) >= 11 is -0.441. The first-order chi connectivity index (χ1) is 20.0. The van der Waals surface area contributed by atoms with E-state index in [0.717, 1.165) is 39.5 Å². The molecule has 5 nitrogen and oxygen atoms in total. The molecule has 0 bridgehead atoms. The van der Waals surface area contributed by atoms with Crippen LogP contribution >= 0.6 is 0 Å². The van der Waals surface area contributed by atoms with Crippen molar-refractivity contribution in [2.75, 3.05) is 30.6 Å². The topological polar surface area (TPSA) is 43.9 Å². The summed E-state index contributed by atoms with van der Waals surface area (Å²) in [5.41, 5.74) is 4.19. The number of nitrogens with zero attached hydrogens (tertiary/aromatic N) is 3. The van der Waals surface area contributed by atoms with Gasteiger partial charge in [-0.1, -0.05) is 0 Å². The average molecular weight is 659 g/mol. The summed E-state index contributed by atoms with van der Waals surface area (Å²) in [5.74, 6) is 1.41. The van der Waals surface area contributed by atoms with Crippen LogP contribution < -0.4 is 21.2 Å². The fraction of sp³-hybridized carbons (Fsp3) is 0.371. The number of benzene rings is 2. The fourth-order valence-electron chi connectivity index (χ4n) is 6.99. The van der Waals surface area contributed by atoms with E-state index < -0.39 is 26.7 Å². The maximum atomic E-state index is 14.5. The van der Waals surface area contributed by atoms with E-state index in [9.17, 15) is 9.59 Å². The predicted molar refractivity (Wildman–Crippen MR) is 159 cm³/mol. The molecule has 2 aromatic carbocycles. The van der Waals surface area contributed by atoms with Crippen LogP contribution in [0.3, 0.4) is 0 Å². The summed E-state index contributed by atoms with van der Waals surface area (Å²) in [4.78, 5) is 34.5. The number of piperazine rings is 1. The van der Waals surface area contributed by atoms with Crippen molar-refractivity contribution in [1.82, 2.24) is 14.7 Å². The van der Waals surface area contributed by atoms with E-state index in [4.69, 9.17) is 0 Å². The van der Waals surface area contributed by atoms with E-state index in [1.807, 2.05) is 11.0 Å². The van der Waals surface area contributed by atoms with E-state index in [1.54, 1.807) is 0 Å². The Bertz CT molecular complexity index is 1570. The van der Waals surface area contributed by atoms with E-state index in [2.05, 4.69) is 96.5 Å². The van der Waals surface area contributed by atoms with Gasteiger partial charge in [0.05, 0.1) is 0 Å². The van der Waals surface area contributed by atoms with Gasteiger partial charge in [-0.15, -0.1) is 0 Å². The summed E-state index contributed by atoms with van der Waals surface area (Å²) in [6.45, 7) is 7.99. The number of halogens is 1. The van der Waals surface area contributed by atoms with Gasteiger partial charge in [0.2, 0.25) is 0 Å². The first kappa shape index (κ1) is 26.7. The van der Waals surface area contributed by atoms with Crippen molar-refractivity contribution < 1.29 is 30.8 Å². The number of hydrogen-bond donors (Lipinski definition) is 0. The number of allylic oxidation sites excluding steroid dienone is 5. The molecule has 2 heterocycles. The number of carbonyl (C=O) groups excluding carboxylic acids is 2. The fourth-order valence-corrected chi connectivity index (χ4v) is 9.36. The predicted octanol–water partition coefficient (Wildman–Crippen LogP) is 2.42. The van der Waals surface area contributed by atoms with Gasteiger partial charge in [-0.3, -0.25) is 0 Å². The van der Waals surface area contributed by atoms with Gasteiger partial charge < -0.3 is 0 Å². The zero-order valence-electron chi connectivity index (χ0n) is 23.9. The van der Waals surface area contributed by atoms with Crippen LogP contribution in [0.15, 0.2) is 99.3 Å². The van der Waals surface area contributed by atoms with Crippen LogP contribution in [0, 0.1) is 11.8 Å². The zero-order chi connectivity index (χ0) is 28.1. The SMILES string of the molecule is CC[I-]C1=C(N2CCN(C(=O)C3=CC=CC4CC34)CC2)C2=CC=CCC2(C)N(Cc2ccc3ccccc3c2)C1=O. The van der Waals surface area contributed by atoms with E-state index in [0.29, 0.717) is 31.5 Å². The van der Waals surface area contributed by atoms with Crippen molar-refractivity contribution in [2.45, 2.75) is 38.8 Å². The molecular weight excluding hydrogens is 621 g/mol. The van der Waals surface area contributed by atoms with Gasteiger partial charge in [-0.2, -0.15) is 0 Å². The minimum absolute atomic E-state index is 0.204. The van der Waals surface area contributed by atoms with Crippen LogP contribution in [0.1, 0.15) is 32.3 Å². The number of amides is 2. The molecule has 6 heteroatoms. The normalized spacial score (nSPS) is 27.2. The Morgan fingerprint density at radius 1 is 1.02 bits per heavy atom. The van der Waals surface area contributed by atoms with Crippen LogP contribution in [0.25, 0.3) is 10.8 Å². The Balaban J connectivity index is 1.18. The van der Waals surface area contributed by atoms with Crippen molar-refractivity contribution in [3.63, 3.8) is 0 Å². The molecule has 1 saturated heterocycles. The van der Waals surface area contributed by atoms with Crippen LogP contribution in [0.4, 0.5) is 0 Å². The van der Waals surface area contributed by atoms with E-state index >= 15 is 0 Å². The molecule has 0 radical (unpaired) electrons. The minimum atomic E-state index is -0.441. The van der Waals surface area contributed by atoms with Gasteiger partial charge in [0, 0.05) is 0 Å². The molecule has 212 valence electrons. The molecule has 41 heavy (non-hydrogen) atoms. The number of hydrogen-bond acceptors (Lipinski definition) is 3. The quantitative estimate of drug-likeness (QED) is 0.354. The third kappa shape index (κ3) is 4.68. The summed E-state index contributed by atoms with van der Waals surface area (Å²) in [6.07, 6.45) is 14.9. The van der Waals surface area contributed by atoms with E-state index in [-0.39, 0.29) is 11.8 Å². The second-order valence-corrected chi connectivity index (χ2v) is 15.3. The van der Waals surface area contributed by atoms with Gasteiger partial charge in [0.1, 0.15) is 0 Å². The molecule has 7 rings (SSSR count). The molecule has 3 aliphatic carbocycles. The number of rotatable bonds is 6. The van der Waals surface area contributed by atoms with Gasteiger partial charge in [0.15, 0.2) is 0 Å². The molecule has 0 N–H and O–H groups in total. The number of carbonyl (C=O) groups is 2. The zero-order valence-corrected chi connectivity index (χ0v) is 26.0. The summed E-state index contributed by atoms with van der Waals surface area (Å²) in [6, 6.07) is 15.0. The Morgan fingerprint density at radius 3 is 2.63 bits per heavy atom. The first-order valence-corrected chi connectivity index (χ1v) is 17.5.